The highest BCUT2D eigenvalue weighted by atomic mass is 32.1. The maximum atomic E-state index is 12.8. The van der Waals surface area contributed by atoms with Crippen molar-refractivity contribution in [3.63, 3.8) is 0 Å². The normalized spacial score (nSPS) is 10.8. The van der Waals surface area contributed by atoms with Crippen molar-refractivity contribution in [3.05, 3.63) is 69.8 Å². The Hall–Kier alpha value is -3.79. The lowest BCUT2D eigenvalue weighted by molar-refractivity contribution is -0.384. The Morgan fingerprint density at radius 2 is 2.18 bits per heavy atom. The van der Waals surface area contributed by atoms with E-state index in [1.54, 1.807) is 22.0 Å². The van der Waals surface area contributed by atoms with Gasteiger partial charge in [-0.3, -0.25) is 14.9 Å². The summed E-state index contributed by atoms with van der Waals surface area (Å²) in [5.41, 5.74) is 1.51. The Morgan fingerprint density at radius 1 is 1.32 bits per heavy atom. The van der Waals surface area contributed by atoms with E-state index in [4.69, 9.17) is 4.74 Å². The number of carbonyl (C=O) groups is 1. The summed E-state index contributed by atoms with van der Waals surface area (Å²) >= 11 is 1.55. The van der Waals surface area contributed by atoms with Gasteiger partial charge in [0.15, 0.2) is 5.65 Å². The van der Waals surface area contributed by atoms with Gasteiger partial charge in [0.1, 0.15) is 11.3 Å². The van der Waals surface area contributed by atoms with Gasteiger partial charge in [0, 0.05) is 18.3 Å². The van der Waals surface area contributed by atoms with Crippen molar-refractivity contribution in [2.75, 3.05) is 12.4 Å². The number of nitro benzene ring substituents is 1. The number of ether oxygens (including phenoxy) is 1. The molecular weight excluding hydrogens is 382 g/mol. The number of carbonyl (C=O) groups excluding carboxylic acids is 1. The molecule has 0 aliphatic heterocycles. The van der Waals surface area contributed by atoms with E-state index in [1.165, 1.54) is 31.5 Å². The summed E-state index contributed by atoms with van der Waals surface area (Å²) < 4.78 is 6.65. The Kier molecular flexibility index (Phi) is 4.45. The number of aromatic nitrogens is 3. The minimum atomic E-state index is -0.553. The zero-order valence-electron chi connectivity index (χ0n) is 14.5. The second kappa shape index (κ2) is 7.08. The lowest BCUT2D eigenvalue weighted by atomic mass is 10.2. The van der Waals surface area contributed by atoms with E-state index in [9.17, 15) is 14.9 Å². The lowest BCUT2D eigenvalue weighted by Gasteiger charge is -2.07. The van der Waals surface area contributed by atoms with Crippen molar-refractivity contribution in [3.8, 4) is 16.3 Å². The molecule has 3 heterocycles. The molecular formula is C18H13N5O4S. The Balaban J connectivity index is 1.70. The summed E-state index contributed by atoms with van der Waals surface area (Å²) in [6.45, 7) is 0. The number of anilines is 1. The van der Waals surface area contributed by atoms with E-state index in [0.29, 0.717) is 5.65 Å². The minimum Gasteiger partial charge on any atom is -0.496 e. The fourth-order valence-electron chi connectivity index (χ4n) is 2.74. The van der Waals surface area contributed by atoms with Crippen LogP contribution >= 0.6 is 11.3 Å². The first-order chi connectivity index (χ1) is 13.6. The number of fused-ring (bicyclic) bond motifs is 1. The van der Waals surface area contributed by atoms with Crippen molar-refractivity contribution in [2.45, 2.75) is 0 Å². The highest BCUT2D eigenvalue weighted by Gasteiger charge is 2.18. The topological polar surface area (TPSA) is 112 Å². The monoisotopic (exact) mass is 395 g/mol. The average molecular weight is 395 g/mol. The van der Waals surface area contributed by atoms with E-state index in [1.807, 2.05) is 23.6 Å². The standard InChI is InChI=1S/C18H13N5O4S/c1-27-13-8-11(7-12(9-13)23(25)26)21-18(24)14-10-20-22-15(4-5-19-17(14)22)16-3-2-6-28-16/h2-10H,1H3,(H,21,24). The van der Waals surface area contributed by atoms with Crippen LogP contribution in [-0.4, -0.2) is 32.5 Å². The van der Waals surface area contributed by atoms with Crippen LogP contribution in [0.3, 0.4) is 0 Å². The molecule has 140 valence electrons. The molecule has 0 radical (unpaired) electrons. The average Bonchev–Trinajstić information content (AvgIpc) is 3.37. The van der Waals surface area contributed by atoms with Crippen LogP contribution in [0.1, 0.15) is 10.4 Å². The Labute approximate surface area is 162 Å². The predicted molar refractivity (Wildman–Crippen MR) is 104 cm³/mol. The molecule has 1 amide bonds. The number of rotatable bonds is 5. The number of nitrogens with one attached hydrogen (secondary N) is 1. The van der Waals surface area contributed by atoms with Gasteiger partial charge in [-0.05, 0) is 17.5 Å². The van der Waals surface area contributed by atoms with E-state index in [-0.39, 0.29) is 22.7 Å². The number of amides is 1. The molecule has 0 atom stereocenters. The molecule has 4 aromatic rings. The predicted octanol–water partition coefficient (Wildman–Crippen LogP) is 3.63. The molecule has 9 nitrogen and oxygen atoms in total. The van der Waals surface area contributed by atoms with Gasteiger partial charge in [0.25, 0.3) is 11.6 Å². The van der Waals surface area contributed by atoms with Gasteiger partial charge >= 0.3 is 0 Å². The third kappa shape index (κ3) is 3.16. The molecule has 0 aliphatic rings. The van der Waals surface area contributed by atoms with Gasteiger partial charge in [0.05, 0.1) is 40.6 Å². The summed E-state index contributed by atoms with van der Waals surface area (Å²) in [6.07, 6.45) is 3.03. The first-order valence-corrected chi connectivity index (χ1v) is 8.96. The first kappa shape index (κ1) is 17.6. The van der Waals surface area contributed by atoms with Gasteiger partial charge in [0.2, 0.25) is 0 Å². The number of nitrogens with zero attached hydrogens (tertiary/aromatic N) is 4. The number of benzene rings is 1. The van der Waals surface area contributed by atoms with Crippen LogP contribution in [0.2, 0.25) is 0 Å². The number of nitro groups is 1. The van der Waals surface area contributed by atoms with E-state index < -0.39 is 10.8 Å². The van der Waals surface area contributed by atoms with E-state index >= 15 is 0 Å². The molecule has 28 heavy (non-hydrogen) atoms. The number of non-ortho nitro benzene ring substituents is 1. The summed E-state index contributed by atoms with van der Waals surface area (Å²) in [4.78, 5) is 28.5. The van der Waals surface area contributed by atoms with Crippen molar-refractivity contribution in [1.82, 2.24) is 14.6 Å². The number of hydrogen-bond donors (Lipinski definition) is 1. The quantitative estimate of drug-likeness (QED) is 0.408. The van der Waals surface area contributed by atoms with Crippen molar-refractivity contribution in [1.29, 1.82) is 0 Å². The largest absolute Gasteiger partial charge is 0.496 e. The molecule has 3 aromatic heterocycles. The molecule has 1 aromatic carbocycles. The fourth-order valence-corrected chi connectivity index (χ4v) is 3.48. The van der Waals surface area contributed by atoms with Crippen LogP contribution in [0.5, 0.6) is 5.75 Å². The molecule has 0 bridgehead atoms. The molecule has 0 saturated carbocycles. The molecule has 0 fully saturated rings. The SMILES string of the molecule is COc1cc(NC(=O)c2cnn3c(-c4cccs4)ccnc23)cc([N+](=O)[O-])c1. The van der Waals surface area contributed by atoms with Gasteiger partial charge in [-0.25, -0.2) is 9.50 Å². The van der Waals surface area contributed by atoms with E-state index in [0.717, 1.165) is 10.6 Å². The van der Waals surface area contributed by atoms with Crippen LogP contribution in [0.15, 0.2) is 54.2 Å². The molecule has 0 unspecified atom stereocenters. The third-order valence-electron chi connectivity index (χ3n) is 4.02. The molecule has 0 spiro atoms. The lowest BCUT2D eigenvalue weighted by Crippen LogP contribution is -2.12. The Morgan fingerprint density at radius 3 is 2.89 bits per heavy atom. The highest BCUT2D eigenvalue weighted by Crippen LogP contribution is 2.28. The van der Waals surface area contributed by atoms with Crippen molar-refractivity contribution >= 4 is 34.3 Å². The summed E-state index contributed by atoms with van der Waals surface area (Å²) in [5.74, 6) is -0.212. The zero-order valence-corrected chi connectivity index (χ0v) is 15.3. The van der Waals surface area contributed by atoms with Crippen LogP contribution in [0.4, 0.5) is 11.4 Å². The summed E-state index contributed by atoms with van der Waals surface area (Å²) in [5, 5.41) is 20.0. The van der Waals surface area contributed by atoms with E-state index in [2.05, 4.69) is 15.4 Å². The fraction of sp³-hybridized carbons (Fsp3) is 0.0556. The van der Waals surface area contributed by atoms with Gasteiger partial charge in [-0.2, -0.15) is 5.10 Å². The third-order valence-corrected chi connectivity index (χ3v) is 4.91. The van der Waals surface area contributed by atoms with Gasteiger partial charge in [-0.1, -0.05) is 6.07 Å². The van der Waals surface area contributed by atoms with Gasteiger partial charge in [-0.15, -0.1) is 11.3 Å². The van der Waals surface area contributed by atoms with Crippen LogP contribution in [0.25, 0.3) is 16.2 Å². The molecule has 1 N–H and O–H groups in total. The smallest absolute Gasteiger partial charge is 0.275 e. The molecule has 10 heteroatoms. The first-order valence-electron chi connectivity index (χ1n) is 8.08. The molecule has 4 rings (SSSR count). The van der Waals surface area contributed by atoms with Crippen LogP contribution in [0, 0.1) is 10.1 Å². The highest BCUT2D eigenvalue weighted by molar-refractivity contribution is 7.13. The number of thiophene rings is 1. The van der Waals surface area contributed by atoms with Crippen LogP contribution < -0.4 is 10.1 Å². The maximum Gasteiger partial charge on any atom is 0.275 e. The number of hydrogen-bond acceptors (Lipinski definition) is 7. The summed E-state index contributed by atoms with van der Waals surface area (Å²) in [7, 11) is 1.39. The minimum absolute atomic E-state index is 0.187. The number of methoxy groups -OCH3 is 1. The van der Waals surface area contributed by atoms with Crippen LogP contribution in [-0.2, 0) is 0 Å². The zero-order chi connectivity index (χ0) is 19.7. The van der Waals surface area contributed by atoms with Gasteiger partial charge < -0.3 is 10.1 Å². The second-order valence-corrected chi connectivity index (χ2v) is 6.68. The second-order valence-electron chi connectivity index (χ2n) is 5.73. The molecule has 0 aliphatic carbocycles. The Bertz CT molecular complexity index is 1190. The summed E-state index contributed by atoms with van der Waals surface area (Å²) in [6, 6.07) is 9.74. The maximum absolute atomic E-state index is 12.8. The van der Waals surface area contributed by atoms with Crippen molar-refractivity contribution < 1.29 is 14.5 Å². The van der Waals surface area contributed by atoms with Crippen molar-refractivity contribution in [2.24, 2.45) is 0 Å². The molecule has 0 saturated heterocycles.